The van der Waals surface area contributed by atoms with E-state index >= 15 is 0 Å². The van der Waals surface area contributed by atoms with Gasteiger partial charge < -0.3 is 19.3 Å². The van der Waals surface area contributed by atoms with E-state index in [4.69, 9.17) is 9.47 Å². The van der Waals surface area contributed by atoms with Crippen molar-refractivity contribution < 1.29 is 9.47 Å². The quantitative estimate of drug-likeness (QED) is 0.127. The summed E-state index contributed by atoms with van der Waals surface area (Å²) in [6.45, 7) is -0.250. The average Bonchev–Trinajstić information content (AvgIpc) is 3.71. The van der Waals surface area contributed by atoms with Gasteiger partial charge in [-0.3, -0.25) is 0 Å². The molecule has 370 valence electrons. The number of anilines is 6. The topological polar surface area (TPSA) is 24.9 Å². The molecular formula is C74H49BN2O2. The molecule has 79 heavy (non-hydrogen) atoms. The smallest absolute Gasteiger partial charge is 0.262 e. The molecule has 0 N–H and O–H groups in total. The largest absolute Gasteiger partial charge is 0.458 e. The lowest BCUT2D eigenvalue weighted by Crippen LogP contribution is -2.58. The number of fused-ring (bicyclic) bond motifs is 8. The van der Waals surface area contributed by atoms with Gasteiger partial charge in [0.25, 0.3) is 6.71 Å². The SMILES string of the molecule is c1ccc(-c2ccccc2N(c2ccccc2-c2ccccc2)c2cc3c(c4ccccc24)B2c4c(cccc4Oc4cc(N(c5ccccc5-c5ccccc5)c5ccccc5-c5ccccc5)c5ccccc5c42)O3)cc1. The number of ether oxygens (including phenoxy) is 2. The van der Waals surface area contributed by atoms with E-state index in [1.807, 2.05) is 0 Å². The molecule has 0 bridgehead atoms. The molecule has 13 aromatic carbocycles. The molecule has 0 amide bonds. The monoisotopic (exact) mass is 1010 g/mol. The summed E-state index contributed by atoms with van der Waals surface area (Å²) in [6.07, 6.45) is 0. The van der Waals surface area contributed by atoms with Crippen molar-refractivity contribution in [1.82, 2.24) is 0 Å². The molecule has 15 rings (SSSR count). The van der Waals surface area contributed by atoms with Crippen molar-refractivity contribution in [3.8, 4) is 67.5 Å². The fourth-order valence-electron chi connectivity index (χ4n) is 12.4. The average molecular weight is 1010 g/mol. The molecule has 0 saturated heterocycles. The van der Waals surface area contributed by atoms with E-state index in [1.54, 1.807) is 0 Å². The molecule has 2 aliphatic heterocycles. The summed E-state index contributed by atoms with van der Waals surface area (Å²) in [7, 11) is 0. The number of para-hydroxylation sites is 4. The van der Waals surface area contributed by atoms with E-state index < -0.39 is 0 Å². The summed E-state index contributed by atoms with van der Waals surface area (Å²) in [5.74, 6) is 3.18. The van der Waals surface area contributed by atoms with Crippen molar-refractivity contribution in [2.24, 2.45) is 0 Å². The first-order chi connectivity index (χ1) is 39.2. The van der Waals surface area contributed by atoms with Crippen molar-refractivity contribution in [3.63, 3.8) is 0 Å². The summed E-state index contributed by atoms with van der Waals surface area (Å²) in [6, 6.07) is 107. The third-order valence-electron chi connectivity index (χ3n) is 15.8. The summed E-state index contributed by atoms with van der Waals surface area (Å²) < 4.78 is 14.6. The molecule has 2 heterocycles. The Labute approximate surface area is 460 Å². The van der Waals surface area contributed by atoms with Crippen LogP contribution in [0.15, 0.2) is 297 Å². The van der Waals surface area contributed by atoms with Crippen molar-refractivity contribution in [2.45, 2.75) is 0 Å². The Morgan fingerprint density at radius 3 is 0.823 bits per heavy atom. The Kier molecular flexibility index (Phi) is 11.3. The van der Waals surface area contributed by atoms with Gasteiger partial charge in [0.15, 0.2) is 0 Å². The third-order valence-corrected chi connectivity index (χ3v) is 15.8. The lowest BCUT2D eigenvalue weighted by molar-refractivity contribution is 0.465. The van der Waals surface area contributed by atoms with Crippen molar-refractivity contribution in [2.75, 3.05) is 9.80 Å². The second-order valence-corrected chi connectivity index (χ2v) is 20.2. The van der Waals surface area contributed by atoms with Crippen molar-refractivity contribution >= 4 is 78.8 Å². The minimum atomic E-state index is -0.250. The zero-order chi connectivity index (χ0) is 52.2. The van der Waals surface area contributed by atoms with Crippen LogP contribution in [0.3, 0.4) is 0 Å². The summed E-state index contributed by atoms with van der Waals surface area (Å²) in [4.78, 5) is 4.91. The number of nitrogens with zero attached hydrogens (tertiary/aromatic N) is 2. The van der Waals surface area contributed by atoms with Gasteiger partial charge in [-0.25, -0.2) is 0 Å². The fourth-order valence-corrected chi connectivity index (χ4v) is 12.4. The minimum Gasteiger partial charge on any atom is -0.458 e. The highest BCUT2D eigenvalue weighted by atomic mass is 16.5. The highest BCUT2D eigenvalue weighted by Crippen LogP contribution is 2.52. The van der Waals surface area contributed by atoms with E-state index in [9.17, 15) is 0 Å². The lowest BCUT2D eigenvalue weighted by atomic mass is 9.33. The zero-order valence-electron chi connectivity index (χ0n) is 43.1. The Hall–Kier alpha value is -10.4. The Morgan fingerprint density at radius 1 is 0.215 bits per heavy atom. The fraction of sp³-hybridized carbons (Fsp3) is 0. The van der Waals surface area contributed by atoms with Crippen LogP contribution in [0.2, 0.25) is 0 Å². The van der Waals surface area contributed by atoms with E-state index in [-0.39, 0.29) is 6.71 Å². The molecule has 0 radical (unpaired) electrons. The molecule has 13 aromatic rings. The van der Waals surface area contributed by atoms with Crippen LogP contribution in [-0.4, -0.2) is 6.71 Å². The van der Waals surface area contributed by atoms with Crippen LogP contribution >= 0.6 is 0 Å². The van der Waals surface area contributed by atoms with Gasteiger partial charge in [-0.1, -0.05) is 249 Å². The third kappa shape index (κ3) is 7.77. The highest BCUT2D eigenvalue weighted by Gasteiger charge is 2.44. The first-order valence-corrected chi connectivity index (χ1v) is 27.0. The van der Waals surface area contributed by atoms with Crippen LogP contribution in [0.5, 0.6) is 23.0 Å². The molecule has 2 aliphatic rings. The van der Waals surface area contributed by atoms with Gasteiger partial charge in [-0.05, 0) is 80.4 Å². The van der Waals surface area contributed by atoms with E-state index in [1.165, 1.54) is 0 Å². The van der Waals surface area contributed by atoms with E-state index in [0.717, 1.165) is 140 Å². The number of hydrogen-bond acceptors (Lipinski definition) is 4. The maximum atomic E-state index is 7.32. The van der Waals surface area contributed by atoms with Gasteiger partial charge in [0.2, 0.25) is 0 Å². The molecule has 0 unspecified atom stereocenters. The predicted molar refractivity (Wildman–Crippen MR) is 330 cm³/mol. The van der Waals surface area contributed by atoms with Crippen LogP contribution in [0.25, 0.3) is 66.1 Å². The molecule has 0 spiro atoms. The van der Waals surface area contributed by atoms with Crippen LogP contribution < -0.4 is 35.7 Å². The summed E-state index contributed by atoms with van der Waals surface area (Å²) in [5, 5.41) is 4.42. The standard InChI is InChI=1S/C74H49BN2O2/c1-5-26-50(27-6-1)54-34-17-21-42-62(54)76(63-43-22-18-35-55(63)51-28-7-2-8-29-51)66-48-70-72(60-40-15-13-38-58(60)66)75-73-61-41-16-14-39-59(61)67(49-71(73)79-69-47-25-46-68(78-70)74(69)75)77(64-44-23-19-36-56(64)52-30-9-3-10-31-52)65-45-24-20-37-57(65)53-32-11-4-12-33-53/h1-49H. The lowest BCUT2D eigenvalue weighted by Gasteiger charge is -2.37. The molecule has 5 heteroatoms. The molecule has 0 fully saturated rings. The van der Waals surface area contributed by atoms with Crippen molar-refractivity contribution in [1.29, 1.82) is 0 Å². The van der Waals surface area contributed by atoms with Crippen LogP contribution in [0.1, 0.15) is 0 Å². The minimum absolute atomic E-state index is 0.250. The van der Waals surface area contributed by atoms with Gasteiger partial charge in [-0.15, -0.1) is 0 Å². The number of benzene rings is 13. The molecule has 4 nitrogen and oxygen atoms in total. The Bertz CT molecular complexity index is 4000. The highest BCUT2D eigenvalue weighted by molar-refractivity contribution is 7.01. The molecule has 0 aromatic heterocycles. The van der Waals surface area contributed by atoms with Gasteiger partial charge in [0.1, 0.15) is 23.0 Å². The normalized spacial score (nSPS) is 12.0. The number of hydrogen-bond donors (Lipinski definition) is 0. The van der Waals surface area contributed by atoms with Crippen molar-refractivity contribution in [3.05, 3.63) is 297 Å². The molecule has 0 saturated carbocycles. The Morgan fingerprint density at radius 2 is 0.494 bits per heavy atom. The van der Waals surface area contributed by atoms with Crippen LogP contribution in [0, 0.1) is 0 Å². The van der Waals surface area contributed by atoms with Gasteiger partial charge in [-0.2, -0.15) is 0 Å². The maximum absolute atomic E-state index is 7.32. The van der Waals surface area contributed by atoms with Crippen LogP contribution in [-0.2, 0) is 0 Å². The molecule has 0 atom stereocenters. The van der Waals surface area contributed by atoms with E-state index in [0.29, 0.717) is 0 Å². The molecular weight excluding hydrogens is 960 g/mol. The van der Waals surface area contributed by atoms with E-state index in [2.05, 4.69) is 307 Å². The predicted octanol–water partition coefficient (Wildman–Crippen LogP) is 18.3. The molecule has 0 aliphatic carbocycles. The maximum Gasteiger partial charge on any atom is 0.262 e. The second kappa shape index (κ2) is 19.3. The summed E-state index contributed by atoms with van der Waals surface area (Å²) >= 11 is 0. The second-order valence-electron chi connectivity index (χ2n) is 20.2. The first kappa shape index (κ1) is 46.0. The zero-order valence-corrected chi connectivity index (χ0v) is 43.1. The van der Waals surface area contributed by atoms with Gasteiger partial charge in [0.05, 0.1) is 34.1 Å². The van der Waals surface area contributed by atoms with Gasteiger partial charge in [0, 0.05) is 50.6 Å². The first-order valence-electron chi connectivity index (χ1n) is 27.0. The Balaban J connectivity index is 0.993. The number of rotatable bonds is 10. The summed E-state index contributed by atoms with van der Waals surface area (Å²) in [5.41, 5.74) is 18.5. The van der Waals surface area contributed by atoms with Gasteiger partial charge >= 0.3 is 0 Å². The van der Waals surface area contributed by atoms with Crippen LogP contribution in [0.4, 0.5) is 34.1 Å².